The topological polar surface area (TPSA) is 32.8 Å². The van der Waals surface area contributed by atoms with E-state index in [4.69, 9.17) is 16.3 Å². The number of likely N-dealkylation sites (N-methyl/N-ethyl adjacent to an activating group) is 1. The van der Waals surface area contributed by atoms with E-state index in [1.165, 1.54) is 0 Å². The molecule has 0 atom stereocenters. The van der Waals surface area contributed by atoms with Gasteiger partial charge in [0.15, 0.2) is 0 Å². The third-order valence-electron chi connectivity index (χ3n) is 4.96. The summed E-state index contributed by atoms with van der Waals surface area (Å²) in [5, 5.41) is 0.705. The lowest BCUT2D eigenvalue weighted by Crippen LogP contribution is -2.39. The van der Waals surface area contributed by atoms with Gasteiger partial charge in [0, 0.05) is 37.8 Å². The number of hydrogen-bond donors (Lipinski definition) is 0. The first kappa shape index (κ1) is 20.9. The number of amides is 1. The molecule has 0 bridgehead atoms. The molecule has 1 aliphatic heterocycles. The van der Waals surface area contributed by atoms with Crippen LogP contribution in [0.2, 0.25) is 5.02 Å². The Balaban J connectivity index is 1.59. The van der Waals surface area contributed by atoms with Crippen LogP contribution in [0.3, 0.4) is 0 Å². The molecule has 1 saturated heterocycles. The van der Waals surface area contributed by atoms with Gasteiger partial charge in [0.1, 0.15) is 0 Å². The molecule has 0 unspecified atom stereocenters. The molecule has 1 amide bonds. The van der Waals surface area contributed by atoms with Crippen molar-refractivity contribution < 1.29 is 9.53 Å². The highest BCUT2D eigenvalue weighted by Crippen LogP contribution is 2.21. The summed E-state index contributed by atoms with van der Waals surface area (Å²) in [5.41, 5.74) is 1.02. The predicted molar refractivity (Wildman–Crippen MR) is 108 cm³/mol. The minimum atomic E-state index is 0.215. The maximum Gasteiger partial charge on any atom is 0.226 e. The summed E-state index contributed by atoms with van der Waals surface area (Å²) in [6.45, 7) is 8.86. The molecule has 1 aliphatic rings. The van der Waals surface area contributed by atoms with Crippen molar-refractivity contribution >= 4 is 17.5 Å². The first-order chi connectivity index (χ1) is 12.6. The van der Waals surface area contributed by atoms with E-state index < -0.39 is 0 Å². The molecule has 144 valence electrons. The molecular weight excluding hydrogens is 348 g/mol. The number of piperidine rings is 1. The van der Waals surface area contributed by atoms with E-state index in [0.29, 0.717) is 17.4 Å². The van der Waals surface area contributed by atoms with E-state index in [-0.39, 0.29) is 5.91 Å². The minimum absolute atomic E-state index is 0.215. The van der Waals surface area contributed by atoms with Crippen molar-refractivity contribution in [3.63, 3.8) is 0 Å². The molecular formula is C21H31ClN2O2. The number of hydrogen-bond acceptors (Lipinski definition) is 3. The average Bonchev–Trinajstić information content (AvgIpc) is 2.64. The molecule has 26 heavy (non-hydrogen) atoms. The summed E-state index contributed by atoms with van der Waals surface area (Å²) >= 11 is 5.89. The van der Waals surface area contributed by atoms with E-state index in [0.717, 1.165) is 64.2 Å². The quantitative estimate of drug-likeness (QED) is 0.460. The molecule has 0 spiro atoms. The Morgan fingerprint density at radius 2 is 2.00 bits per heavy atom. The van der Waals surface area contributed by atoms with E-state index in [2.05, 4.69) is 18.5 Å². The van der Waals surface area contributed by atoms with Crippen LogP contribution in [-0.2, 0) is 16.0 Å². The van der Waals surface area contributed by atoms with Gasteiger partial charge in [0.2, 0.25) is 5.91 Å². The lowest BCUT2D eigenvalue weighted by molar-refractivity contribution is -0.131. The van der Waals surface area contributed by atoms with Crippen LogP contribution < -0.4 is 0 Å². The second-order valence-corrected chi connectivity index (χ2v) is 7.52. The average molecular weight is 379 g/mol. The van der Waals surface area contributed by atoms with Crippen LogP contribution in [0.4, 0.5) is 0 Å². The van der Waals surface area contributed by atoms with E-state index >= 15 is 0 Å². The second kappa shape index (κ2) is 11.4. The Morgan fingerprint density at radius 3 is 2.65 bits per heavy atom. The number of likely N-dealkylation sites (tertiary alicyclic amines) is 1. The fourth-order valence-corrected chi connectivity index (χ4v) is 3.37. The zero-order valence-corrected chi connectivity index (χ0v) is 16.6. The van der Waals surface area contributed by atoms with Crippen LogP contribution in [0.5, 0.6) is 0 Å². The van der Waals surface area contributed by atoms with Gasteiger partial charge in [-0.15, -0.1) is 6.58 Å². The molecule has 0 N–H and O–H groups in total. The van der Waals surface area contributed by atoms with Crippen molar-refractivity contribution in [1.82, 2.24) is 9.80 Å². The largest absolute Gasteiger partial charge is 0.380 e. The monoisotopic (exact) mass is 378 g/mol. The van der Waals surface area contributed by atoms with Gasteiger partial charge in [0.25, 0.3) is 0 Å². The van der Waals surface area contributed by atoms with Crippen molar-refractivity contribution in [2.75, 3.05) is 46.4 Å². The molecule has 0 radical (unpaired) electrons. The van der Waals surface area contributed by atoms with Gasteiger partial charge in [-0.2, -0.15) is 0 Å². The van der Waals surface area contributed by atoms with Crippen molar-refractivity contribution in [2.24, 2.45) is 5.92 Å². The third-order valence-corrected chi connectivity index (χ3v) is 5.22. The lowest BCUT2D eigenvalue weighted by Gasteiger charge is -2.32. The number of carbonyl (C=O) groups is 1. The van der Waals surface area contributed by atoms with Gasteiger partial charge >= 0.3 is 0 Å². The normalized spacial score (nSPS) is 15.4. The zero-order valence-electron chi connectivity index (χ0n) is 15.8. The van der Waals surface area contributed by atoms with Crippen LogP contribution in [0.15, 0.2) is 36.9 Å². The molecule has 5 heteroatoms. The maximum absolute atomic E-state index is 12.4. The number of benzene rings is 1. The Kier molecular flexibility index (Phi) is 9.16. The van der Waals surface area contributed by atoms with E-state index in [9.17, 15) is 4.79 Å². The van der Waals surface area contributed by atoms with Gasteiger partial charge in [-0.1, -0.05) is 29.8 Å². The second-order valence-electron chi connectivity index (χ2n) is 7.08. The summed E-state index contributed by atoms with van der Waals surface area (Å²) in [6.07, 6.45) is 5.60. The highest BCUT2D eigenvalue weighted by Gasteiger charge is 2.22. The lowest BCUT2D eigenvalue weighted by atomic mass is 9.93. The number of halogens is 1. The molecule has 0 saturated carbocycles. The summed E-state index contributed by atoms with van der Waals surface area (Å²) in [5.74, 6) is 0.882. The Morgan fingerprint density at radius 1 is 1.31 bits per heavy atom. The first-order valence-corrected chi connectivity index (χ1v) is 9.85. The van der Waals surface area contributed by atoms with Gasteiger partial charge in [0.05, 0.1) is 13.0 Å². The van der Waals surface area contributed by atoms with Crippen LogP contribution in [-0.4, -0.2) is 62.1 Å². The van der Waals surface area contributed by atoms with E-state index in [1.54, 1.807) is 0 Å². The Bertz CT molecular complexity index is 554. The fourth-order valence-electron chi connectivity index (χ4n) is 3.24. The molecule has 1 aromatic carbocycles. The fraction of sp³-hybridized carbons (Fsp3) is 0.571. The summed E-state index contributed by atoms with van der Waals surface area (Å²) in [6, 6.07) is 7.53. The molecule has 4 nitrogen and oxygen atoms in total. The Labute approximate surface area is 162 Å². The van der Waals surface area contributed by atoms with Gasteiger partial charge < -0.3 is 14.5 Å². The third kappa shape index (κ3) is 7.48. The van der Waals surface area contributed by atoms with E-state index in [1.807, 2.05) is 35.2 Å². The standard InChI is InChI=1S/C21H31ClN2O2/c1-3-11-23(2)14-16-26-15-10-18-8-12-24(13-9-18)21(25)17-19-4-6-20(22)7-5-19/h3-7,18H,1,8-17H2,2H3. The molecule has 0 aliphatic carbocycles. The highest BCUT2D eigenvalue weighted by atomic mass is 35.5. The SMILES string of the molecule is C=CCN(C)CCOCCC1CCN(C(=O)Cc2ccc(Cl)cc2)CC1. The van der Waals surface area contributed by atoms with Gasteiger partial charge in [-0.3, -0.25) is 4.79 Å². The summed E-state index contributed by atoms with van der Waals surface area (Å²) < 4.78 is 5.75. The van der Waals surface area contributed by atoms with Gasteiger partial charge in [-0.05, 0) is 49.9 Å². The predicted octanol–water partition coefficient (Wildman–Crippen LogP) is 3.65. The van der Waals surface area contributed by atoms with Crippen molar-refractivity contribution in [1.29, 1.82) is 0 Å². The van der Waals surface area contributed by atoms with Gasteiger partial charge in [-0.25, -0.2) is 0 Å². The van der Waals surface area contributed by atoms with Crippen LogP contribution in [0.1, 0.15) is 24.8 Å². The maximum atomic E-state index is 12.4. The number of rotatable bonds is 10. The number of nitrogens with zero attached hydrogens (tertiary/aromatic N) is 2. The Hall–Kier alpha value is -1.36. The molecule has 1 fully saturated rings. The van der Waals surface area contributed by atoms with Crippen LogP contribution >= 0.6 is 11.6 Å². The molecule has 0 aromatic heterocycles. The highest BCUT2D eigenvalue weighted by molar-refractivity contribution is 6.30. The molecule has 2 rings (SSSR count). The van der Waals surface area contributed by atoms with Crippen molar-refractivity contribution in [3.05, 3.63) is 47.5 Å². The first-order valence-electron chi connectivity index (χ1n) is 9.48. The summed E-state index contributed by atoms with van der Waals surface area (Å²) in [4.78, 5) is 16.6. The van der Waals surface area contributed by atoms with Crippen LogP contribution in [0.25, 0.3) is 0 Å². The number of carbonyl (C=O) groups excluding carboxylic acids is 1. The number of ether oxygens (including phenoxy) is 1. The minimum Gasteiger partial charge on any atom is -0.380 e. The summed E-state index contributed by atoms with van der Waals surface area (Å²) in [7, 11) is 2.07. The van der Waals surface area contributed by atoms with Crippen LogP contribution in [0, 0.1) is 5.92 Å². The zero-order chi connectivity index (χ0) is 18.8. The van der Waals surface area contributed by atoms with Crippen molar-refractivity contribution in [3.8, 4) is 0 Å². The molecule has 1 aromatic rings. The molecule has 1 heterocycles. The smallest absolute Gasteiger partial charge is 0.226 e. The van der Waals surface area contributed by atoms with Crippen molar-refractivity contribution in [2.45, 2.75) is 25.7 Å².